The molecule has 1 aliphatic carbocycles. The summed E-state index contributed by atoms with van der Waals surface area (Å²) in [7, 11) is 2.14. The first kappa shape index (κ1) is 14.3. The van der Waals surface area contributed by atoms with E-state index in [4.69, 9.17) is 15.7 Å². The van der Waals surface area contributed by atoms with Crippen LogP contribution in [0.15, 0.2) is 24.3 Å². The molecule has 1 aliphatic rings. The summed E-state index contributed by atoms with van der Waals surface area (Å²) in [5.41, 5.74) is 8.90. The van der Waals surface area contributed by atoms with E-state index in [1.54, 1.807) is 0 Å². The highest BCUT2D eigenvalue weighted by Crippen LogP contribution is 2.31. The number of benzene rings is 1. The Morgan fingerprint density at radius 1 is 1.14 bits per heavy atom. The number of nitrogens with two attached hydrogens (primary N) is 1. The van der Waals surface area contributed by atoms with E-state index in [0.717, 1.165) is 29.1 Å². The molecule has 2 aromatic rings. The maximum atomic E-state index is 5.98. The van der Waals surface area contributed by atoms with Crippen molar-refractivity contribution >= 4 is 16.9 Å². The smallest absolute Gasteiger partial charge is 0.150 e. The lowest BCUT2D eigenvalue weighted by Gasteiger charge is -2.38. The maximum Gasteiger partial charge on any atom is 0.150 e. The molecule has 4 heteroatoms. The minimum absolute atomic E-state index is 0.484. The number of hydrogen-bond donors (Lipinski definition) is 1. The molecule has 21 heavy (non-hydrogen) atoms. The third kappa shape index (κ3) is 2.72. The largest absolute Gasteiger partial charge is 0.355 e. The van der Waals surface area contributed by atoms with Crippen molar-refractivity contribution in [2.24, 2.45) is 11.7 Å². The molecule has 112 valence electrons. The van der Waals surface area contributed by atoms with Crippen molar-refractivity contribution in [3.8, 4) is 0 Å². The fourth-order valence-corrected chi connectivity index (χ4v) is 3.54. The molecule has 4 nitrogen and oxygen atoms in total. The van der Waals surface area contributed by atoms with Crippen LogP contribution in [-0.2, 0) is 0 Å². The van der Waals surface area contributed by atoms with Crippen molar-refractivity contribution in [2.45, 2.75) is 38.6 Å². The van der Waals surface area contributed by atoms with Gasteiger partial charge in [-0.3, -0.25) is 0 Å². The summed E-state index contributed by atoms with van der Waals surface area (Å²) in [4.78, 5) is 11.9. The lowest BCUT2D eigenvalue weighted by molar-refractivity contribution is 0.305. The van der Waals surface area contributed by atoms with Crippen molar-refractivity contribution in [1.29, 1.82) is 0 Å². The molecule has 1 saturated carbocycles. The summed E-state index contributed by atoms with van der Waals surface area (Å²) in [5.74, 6) is 1.57. The Labute approximate surface area is 126 Å². The molecular weight excluding hydrogens is 260 g/mol. The zero-order valence-corrected chi connectivity index (χ0v) is 12.9. The van der Waals surface area contributed by atoms with Crippen LogP contribution in [0.25, 0.3) is 11.0 Å². The second kappa shape index (κ2) is 5.98. The summed E-state index contributed by atoms with van der Waals surface area (Å²) >= 11 is 0. The molecule has 0 aliphatic heterocycles. The van der Waals surface area contributed by atoms with Gasteiger partial charge < -0.3 is 10.6 Å². The van der Waals surface area contributed by atoms with Crippen LogP contribution in [0, 0.1) is 12.8 Å². The Kier molecular flexibility index (Phi) is 4.06. The topological polar surface area (TPSA) is 55.0 Å². The minimum atomic E-state index is 0.484. The zero-order chi connectivity index (χ0) is 14.8. The Morgan fingerprint density at radius 3 is 2.52 bits per heavy atom. The van der Waals surface area contributed by atoms with E-state index in [-0.39, 0.29) is 0 Å². The second-order valence-electron chi connectivity index (χ2n) is 6.08. The van der Waals surface area contributed by atoms with Crippen molar-refractivity contribution in [3.05, 3.63) is 30.0 Å². The highest BCUT2D eigenvalue weighted by molar-refractivity contribution is 5.76. The first-order valence-corrected chi connectivity index (χ1v) is 7.87. The standard InChI is InChI=1S/C17H24N4/c1-12-17(20-15-9-5-4-8-14(15)19-12)21(2)16-10-6-3-7-13(16)11-18/h4-5,8-9,13,16H,3,6-7,10-11,18H2,1-2H3. The average molecular weight is 284 g/mol. The van der Waals surface area contributed by atoms with Gasteiger partial charge in [0, 0.05) is 13.1 Å². The minimum Gasteiger partial charge on any atom is -0.355 e. The third-order valence-corrected chi connectivity index (χ3v) is 4.72. The Hall–Kier alpha value is -1.68. The number of aryl methyl sites for hydroxylation is 1. The van der Waals surface area contributed by atoms with Crippen molar-refractivity contribution in [3.63, 3.8) is 0 Å². The summed E-state index contributed by atoms with van der Waals surface area (Å²) in [6, 6.07) is 8.55. The summed E-state index contributed by atoms with van der Waals surface area (Å²) in [6.45, 7) is 2.81. The highest BCUT2D eigenvalue weighted by atomic mass is 15.2. The molecular formula is C17H24N4. The van der Waals surface area contributed by atoms with Crippen molar-refractivity contribution < 1.29 is 0 Å². The number of para-hydroxylation sites is 2. The van der Waals surface area contributed by atoms with E-state index in [1.165, 1.54) is 25.7 Å². The molecule has 1 fully saturated rings. The van der Waals surface area contributed by atoms with Crippen LogP contribution in [0.1, 0.15) is 31.4 Å². The molecule has 1 aromatic heterocycles. The van der Waals surface area contributed by atoms with Crippen molar-refractivity contribution in [1.82, 2.24) is 9.97 Å². The fourth-order valence-electron chi connectivity index (χ4n) is 3.54. The van der Waals surface area contributed by atoms with Gasteiger partial charge in [0.15, 0.2) is 5.82 Å². The molecule has 0 bridgehead atoms. The maximum absolute atomic E-state index is 5.98. The van der Waals surface area contributed by atoms with Gasteiger partial charge in [0.25, 0.3) is 0 Å². The fraction of sp³-hybridized carbons (Fsp3) is 0.529. The normalized spacial score (nSPS) is 22.4. The van der Waals surface area contributed by atoms with Crippen LogP contribution < -0.4 is 10.6 Å². The Morgan fingerprint density at radius 2 is 1.81 bits per heavy atom. The molecule has 3 rings (SSSR count). The number of fused-ring (bicyclic) bond motifs is 1. The molecule has 2 unspecified atom stereocenters. The van der Waals surface area contributed by atoms with Crippen LogP contribution >= 0.6 is 0 Å². The van der Waals surface area contributed by atoms with E-state index in [9.17, 15) is 0 Å². The SMILES string of the molecule is Cc1nc2ccccc2nc1N(C)C1CCCCC1CN. The van der Waals surface area contributed by atoms with E-state index in [1.807, 2.05) is 31.2 Å². The van der Waals surface area contributed by atoms with Gasteiger partial charge in [-0.1, -0.05) is 25.0 Å². The van der Waals surface area contributed by atoms with Crippen molar-refractivity contribution in [2.75, 3.05) is 18.5 Å². The summed E-state index contributed by atoms with van der Waals surface area (Å²) in [5, 5.41) is 0. The zero-order valence-electron chi connectivity index (χ0n) is 12.9. The quantitative estimate of drug-likeness (QED) is 0.941. The van der Waals surface area contributed by atoms with Gasteiger partial charge in [0.05, 0.1) is 16.7 Å². The molecule has 1 heterocycles. The highest BCUT2D eigenvalue weighted by Gasteiger charge is 2.29. The number of aromatic nitrogens is 2. The Balaban J connectivity index is 1.96. The van der Waals surface area contributed by atoms with E-state index < -0.39 is 0 Å². The number of hydrogen-bond acceptors (Lipinski definition) is 4. The van der Waals surface area contributed by atoms with E-state index in [0.29, 0.717) is 12.0 Å². The van der Waals surface area contributed by atoms with Crippen LogP contribution in [0.3, 0.4) is 0 Å². The lowest BCUT2D eigenvalue weighted by atomic mass is 9.83. The number of nitrogens with zero attached hydrogens (tertiary/aromatic N) is 3. The molecule has 1 aromatic carbocycles. The van der Waals surface area contributed by atoms with Crippen LogP contribution in [0.4, 0.5) is 5.82 Å². The average Bonchev–Trinajstić information content (AvgIpc) is 2.53. The van der Waals surface area contributed by atoms with Gasteiger partial charge in [-0.05, 0) is 44.4 Å². The van der Waals surface area contributed by atoms with Gasteiger partial charge in [0.1, 0.15) is 0 Å². The van der Waals surface area contributed by atoms with Gasteiger partial charge in [-0.2, -0.15) is 0 Å². The van der Waals surface area contributed by atoms with Crippen LogP contribution in [0.5, 0.6) is 0 Å². The first-order chi connectivity index (χ1) is 10.2. The molecule has 0 saturated heterocycles. The lowest BCUT2D eigenvalue weighted by Crippen LogP contribution is -2.43. The van der Waals surface area contributed by atoms with Crippen LogP contribution in [-0.4, -0.2) is 29.6 Å². The van der Waals surface area contributed by atoms with Gasteiger partial charge in [-0.25, -0.2) is 9.97 Å². The third-order valence-electron chi connectivity index (χ3n) is 4.72. The van der Waals surface area contributed by atoms with E-state index in [2.05, 4.69) is 11.9 Å². The summed E-state index contributed by atoms with van der Waals surface area (Å²) in [6.07, 6.45) is 5.01. The number of rotatable bonds is 3. The monoisotopic (exact) mass is 284 g/mol. The molecule has 0 radical (unpaired) electrons. The van der Waals surface area contributed by atoms with Gasteiger partial charge in [0.2, 0.25) is 0 Å². The van der Waals surface area contributed by atoms with Gasteiger partial charge >= 0.3 is 0 Å². The molecule has 2 atom stereocenters. The van der Waals surface area contributed by atoms with Crippen LogP contribution in [0.2, 0.25) is 0 Å². The summed E-state index contributed by atoms with van der Waals surface area (Å²) < 4.78 is 0. The van der Waals surface area contributed by atoms with E-state index >= 15 is 0 Å². The molecule has 0 amide bonds. The molecule has 2 N–H and O–H groups in total. The molecule has 0 spiro atoms. The predicted octanol–water partition coefficient (Wildman–Crippen LogP) is 2.89. The first-order valence-electron chi connectivity index (χ1n) is 7.87. The number of anilines is 1. The second-order valence-corrected chi connectivity index (χ2v) is 6.08. The Bertz CT molecular complexity index is 625. The predicted molar refractivity (Wildman–Crippen MR) is 87.5 cm³/mol. The van der Waals surface area contributed by atoms with Gasteiger partial charge in [-0.15, -0.1) is 0 Å².